The summed E-state index contributed by atoms with van der Waals surface area (Å²) in [6.45, 7) is 1.25. The fraction of sp³-hybridized carbons (Fsp3) is 0.278. The lowest BCUT2D eigenvalue weighted by Gasteiger charge is -2.16. The Morgan fingerprint density at radius 3 is 2.64 bits per heavy atom. The minimum atomic E-state index is -4.67. The number of nitrogens with two attached hydrogens (primary N) is 1. The van der Waals surface area contributed by atoms with Gasteiger partial charge in [0, 0.05) is 19.5 Å². The Hall–Kier alpha value is -3.48. The largest absolute Gasteiger partial charge is 0.491 e. The zero-order valence-corrected chi connectivity index (χ0v) is 15.1. The highest BCUT2D eigenvalue weighted by Gasteiger charge is 2.35. The lowest BCUT2D eigenvalue weighted by Crippen LogP contribution is -2.25. The third-order valence-corrected chi connectivity index (χ3v) is 3.75. The average Bonchev–Trinajstić information content (AvgIpc) is 2.64. The van der Waals surface area contributed by atoms with Gasteiger partial charge >= 0.3 is 6.18 Å². The van der Waals surface area contributed by atoms with Crippen molar-refractivity contribution < 1.29 is 22.7 Å². The minimum absolute atomic E-state index is 0.0744. The van der Waals surface area contributed by atoms with E-state index in [0.717, 1.165) is 6.07 Å². The number of nitrogen functional groups attached to an aromatic ring is 1. The van der Waals surface area contributed by atoms with E-state index in [1.165, 1.54) is 25.1 Å². The Labute approximate surface area is 159 Å². The van der Waals surface area contributed by atoms with Crippen LogP contribution in [0.5, 0.6) is 5.75 Å². The van der Waals surface area contributed by atoms with E-state index >= 15 is 0 Å². The highest BCUT2D eigenvalue weighted by Crippen LogP contribution is 2.39. The molecule has 2 aromatic rings. The van der Waals surface area contributed by atoms with Crippen molar-refractivity contribution in [3.8, 4) is 23.1 Å². The highest BCUT2D eigenvalue weighted by atomic mass is 19.4. The van der Waals surface area contributed by atoms with Gasteiger partial charge in [0.05, 0.1) is 29.2 Å². The molecule has 0 fully saturated rings. The molecule has 10 heteroatoms. The van der Waals surface area contributed by atoms with Crippen LogP contribution in [0.15, 0.2) is 24.3 Å². The predicted molar refractivity (Wildman–Crippen MR) is 97.5 cm³/mol. The number of carbonyl (C=O) groups is 1. The Morgan fingerprint density at radius 2 is 2.07 bits per heavy atom. The molecule has 0 aliphatic heterocycles. The number of rotatable bonds is 6. The van der Waals surface area contributed by atoms with Crippen molar-refractivity contribution in [1.29, 1.82) is 5.26 Å². The van der Waals surface area contributed by atoms with Crippen LogP contribution >= 0.6 is 0 Å². The van der Waals surface area contributed by atoms with E-state index in [4.69, 9.17) is 15.7 Å². The maximum Gasteiger partial charge on any atom is 0.419 e. The molecular formula is C18H18F3N5O2. The summed E-state index contributed by atoms with van der Waals surface area (Å²) >= 11 is 0. The first-order valence-corrected chi connectivity index (χ1v) is 8.14. The van der Waals surface area contributed by atoms with Gasteiger partial charge in [-0.25, -0.2) is 4.98 Å². The van der Waals surface area contributed by atoms with Crippen LogP contribution in [-0.4, -0.2) is 31.1 Å². The summed E-state index contributed by atoms with van der Waals surface area (Å²) in [4.78, 5) is 14.9. The van der Waals surface area contributed by atoms with Gasteiger partial charge in [0.1, 0.15) is 18.4 Å². The summed E-state index contributed by atoms with van der Waals surface area (Å²) in [5.74, 6) is -0.676. The standard InChI is InChI=1S/C18H18F3N5O2/c1-10(27)25-5-6-28-16-4-3-11(7-12(16)18(19,20)21)13-8-14(24-2)17(23)15(9-22)26-13/h3-4,7-8H,5-6,23H2,1-2H3,(H,24,26)(H,25,27). The molecule has 1 heterocycles. The fourth-order valence-corrected chi connectivity index (χ4v) is 2.42. The van der Waals surface area contributed by atoms with Crippen LogP contribution in [0.4, 0.5) is 24.5 Å². The van der Waals surface area contributed by atoms with Crippen LogP contribution in [0.2, 0.25) is 0 Å². The monoisotopic (exact) mass is 393 g/mol. The molecule has 4 N–H and O–H groups in total. The maximum atomic E-state index is 13.5. The molecule has 2 rings (SSSR count). The third kappa shape index (κ3) is 4.82. The Bertz CT molecular complexity index is 923. The normalized spacial score (nSPS) is 10.9. The molecule has 0 spiro atoms. The van der Waals surface area contributed by atoms with E-state index in [9.17, 15) is 18.0 Å². The van der Waals surface area contributed by atoms with Gasteiger partial charge in [0.2, 0.25) is 5.91 Å². The number of nitrogens with zero attached hydrogens (tertiary/aromatic N) is 2. The first kappa shape index (κ1) is 20.8. The van der Waals surface area contributed by atoms with Gasteiger partial charge in [0.25, 0.3) is 0 Å². The average molecular weight is 393 g/mol. The Kier molecular flexibility index (Phi) is 6.30. The van der Waals surface area contributed by atoms with E-state index in [1.807, 2.05) is 6.07 Å². The topological polar surface area (TPSA) is 113 Å². The second-order valence-electron chi connectivity index (χ2n) is 5.72. The van der Waals surface area contributed by atoms with Gasteiger partial charge in [-0.3, -0.25) is 4.79 Å². The maximum absolute atomic E-state index is 13.5. The van der Waals surface area contributed by atoms with Crippen molar-refractivity contribution in [2.45, 2.75) is 13.1 Å². The number of amides is 1. The first-order valence-electron chi connectivity index (χ1n) is 8.14. The number of pyridine rings is 1. The summed E-state index contributed by atoms with van der Waals surface area (Å²) < 4.78 is 45.6. The van der Waals surface area contributed by atoms with Crippen LogP contribution in [0.3, 0.4) is 0 Å². The molecule has 0 atom stereocenters. The Morgan fingerprint density at radius 1 is 1.36 bits per heavy atom. The third-order valence-electron chi connectivity index (χ3n) is 3.75. The molecule has 28 heavy (non-hydrogen) atoms. The zero-order chi connectivity index (χ0) is 20.9. The molecule has 1 aromatic carbocycles. The molecule has 0 aliphatic carbocycles. The van der Waals surface area contributed by atoms with Gasteiger partial charge in [-0.1, -0.05) is 0 Å². The molecule has 0 bridgehead atoms. The van der Waals surface area contributed by atoms with Crippen molar-refractivity contribution in [3.05, 3.63) is 35.5 Å². The van der Waals surface area contributed by atoms with Gasteiger partial charge in [-0.2, -0.15) is 18.4 Å². The molecule has 0 saturated carbocycles. The number of halogens is 3. The van der Waals surface area contributed by atoms with E-state index in [-0.39, 0.29) is 47.4 Å². The summed E-state index contributed by atoms with van der Waals surface area (Å²) in [6.07, 6.45) is -4.67. The van der Waals surface area contributed by atoms with Crippen molar-refractivity contribution in [3.63, 3.8) is 0 Å². The van der Waals surface area contributed by atoms with E-state index < -0.39 is 11.7 Å². The predicted octanol–water partition coefficient (Wildman–Crippen LogP) is 2.78. The number of nitriles is 1. The number of ether oxygens (including phenoxy) is 1. The highest BCUT2D eigenvalue weighted by molar-refractivity contribution is 5.77. The SMILES string of the molecule is CNc1cc(-c2ccc(OCCNC(C)=O)c(C(F)(F)F)c2)nc(C#N)c1N. The van der Waals surface area contributed by atoms with Crippen molar-refractivity contribution in [2.24, 2.45) is 0 Å². The molecule has 0 aliphatic rings. The summed E-state index contributed by atoms with van der Waals surface area (Å²) in [5.41, 5.74) is 5.50. The second-order valence-corrected chi connectivity index (χ2v) is 5.72. The van der Waals surface area contributed by atoms with Gasteiger partial charge in [-0.15, -0.1) is 0 Å². The molecule has 0 unspecified atom stereocenters. The van der Waals surface area contributed by atoms with Gasteiger partial charge in [-0.05, 0) is 24.3 Å². The van der Waals surface area contributed by atoms with E-state index in [2.05, 4.69) is 15.6 Å². The van der Waals surface area contributed by atoms with E-state index in [1.54, 1.807) is 7.05 Å². The molecule has 0 saturated heterocycles. The smallest absolute Gasteiger partial charge is 0.419 e. The molecule has 0 radical (unpaired) electrons. The number of carbonyl (C=O) groups excluding carboxylic acids is 1. The number of benzene rings is 1. The minimum Gasteiger partial charge on any atom is -0.491 e. The molecule has 7 nitrogen and oxygen atoms in total. The molecular weight excluding hydrogens is 375 g/mol. The first-order chi connectivity index (χ1) is 13.2. The summed E-state index contributed by atoms with van der Waals surface area (Å²) in [5, 5.41) is 14.4. The fourth-order valence-electron chi connectivity index (χ4n) is 2.42. The van der Waals surface area contributed by atoms with Crippen molar-refractivity contribution >= 4 is 17.3 Å². The lowest BCUT2D eigenvalue weighted by molar-refractivity contribution is -0.139. The van der Waals surface area contributed by atoms with Crippen molar-refractivity contribution in [2.75, 3.05) is 31.2 Å². The van der Waals surface area contributed by atoms with Crippen LogP contribution in [-0.2, 0) is 11.0 Å². The second kappa shape index (κ2) is 8.47. The number of nitrogens with one attached hydrogen (secondary N) is 2. The van der Waals surface area contributed by atoms with Crippen LogP contribution in [0.25, 0.3) is 11.3 Å². The number of aromatic nitrogens is 1. The van der Waals surface area contributed by atoms with Crippen LogP contribution in [0.1, 0.15) is 18.2 Å². The lowest BCUT2D eigenvalue weighted by atomic mass is 10.0. The summed E-state index contributed by atoms with van der Waals surface area (Å²) in [7, 11) is 1.57. The number of hydrogen-bond acceptors (Lipinski definition) is 6. The number of hydrogen-bond donors (Lipinski definition) is 3. The number of alkyl halides is 3. The zero-order valence-electron chi connectivity index (χ0n) is 15.1. The Balaban J connectivity index is 2.43. The molecule has 148 valence electrons. The quantitative estimate of drug-likeness (QED) is 0.651. The van der Waals surface area contributed by atoms with Crippen LogP contribution < -0.4 is 21.1 Å². The molecule has 1 aromatic heterocycles. The molecule has 1 amide bonds. The van der Waals surface area contributed by atoms with E-state index in [0.29, 0.717) is 5.69 Å². The van der Waals surface area contributed by atoms with Gasteiger partial charge in [0.15, 0.2) is 5.69 Å². The number of anilines is 2. The summed E-state index contributed by atoms with van der Waals surface area (Å²) in [6, 6.07) is 6.76. The van der Waals surface area contributed by atoms with Crippen molar-refractivity contribution in [1.82, 2.24) is 10.3 Å². The van der Waals surface area contributed by atoms with Gasteiger partial charge < -0.3 is 21.1 Å². The van der Waals surface area contributed by atoms with Crippen LogP contribution in [0, 0.1) is 11.3 Å².